The first-order chi connectivity index (χ1) is 8.81. The molecule has 0 aliphatic carbocycles. The van der Waals surface area contributed by atoms with Gasteiger partial charge in [0.25, 0.3) is 0 Å². The van der Waals surface area contributed by atoms with Gasteiger partial charge in [0.1, 0.15) is 12.7 Å². The van der Waals surface area contributed by atoms with Crippen LogP contribution < -0.4 is 0 Å². The number of hydrogen-bond acceptors (Lipinski definition) is 6. The number of esters is 2. The van der Waals surface area contributed by atoms with E-state index in [9.17, 15) is 19.2 Å². The summed E-state index contributed by atoms with van der Waals surface area (Å²) >= 11 is 0. The first kappa shape index (κ1) is 16.4. The highest BCUT2D eigenvalue weighted by atomic mass is 16.6. The van der Waals surface area contributed by atoms with E-state index < -0.39 is 30.0 Å². The average Bonchev–Trinajstić information content (AvgIpc) is 2.31. The van der Waals surface area contributed by atoms with Gasteiger partial charge in [-0.3, -0.25) is 0 Å². The van der Waals surface area contributed by atoms with Crippen LogP contribution in [-0.4, -0.2) is 46.8 Å². The Hall–Kier alpha value is -2.64. The van der Waals surface area contributed by atoms with Gasteiger partial charge in [-0.15, -0.1) is 0 Å². The molecule has 2 N–H and O–H groups in total. The summed E-state index contributed by atoms with van der Waals surface area (Å²) in [4.78, 5) is 42.2. The molecule has 0 amide bonds. The molecule has 1 unspecified atom stereocenters. The van der Waals surface area contributed by atoms with Gasteiger partial charge in [-0.1, -0.05) is 0 Å². The lowest BCUT2D eigenvalue weighted by atomic mass is 10.4. The molecule has 8 nitrogen and oxygen atoms in total. The Morgan fingerprint density at radius 3 is 1.89 bits per heavy atom. The van der Waals surface area contributed by atoms with Gasteiger partial charge >= 0.3 is 23.9 Å². The van der Waals surface area contributed by atoms with Gasteiger partial charge in [0.2, 0.25) is 0 Å². The summed E-state index contributed by atoms with van der Waals surface area (Å²) in [5, 5.41) is 16.5. The summed E-state index contributed by atoms with van der Waals surface area (Å²) in [5.74, 6) is -4.39. The van der Waals surface area contributed by atoms with Gasteiger partial charge in [-0.2, -0.15) is 0 Å². The molecule has 0 aromatic carbocycles. The van der Waals surface area contributed by atoms with Crippen LogP contribution >= 0.6 is 0 Å². The molecular weight excluding hydrogens is 260 g/mol. The summed E-state index contributed by atoms with van der Waals surface area (Å²) in [6.45, 7) is 1.14. The van der Waals surface area contributed by atoms with Crippen molar-refractivity contribution in [3.63, 3.8) is 0 Å². The topological polar surface area (TPSA) is 127 Å². The van der Waals surface area contributed by atoms with Gasteiger partial charge in [0.05, 0.1) is 0 Å². The number of carboxylic acid groups (broad SMARTS) is 2. The SMILES string of the molecule is CC(COC(=O)/C=C\C(=O)O)OC(=O)/C=C\C(=O)O. The Kier molecular flexibility index (Phi) is 7.28. The molecule has 0 rings (SSSR count). The molecule has 8 heteroatoms. The van der Waals surface area contributed by atoms with E-state index in [1.165, 1.54) is 6.92 Å². The van der Waals surface area contributed by atoms with Crippen molar-refractivity contribution >= 4 is 23.9 Å². The van der Waals surface area contributed by atoms with E-state index in [0.29, 0.717) is 24.3 Å². The monoisotopic (exact) mass is 272 g/mol. The van der Waals surface area contributed by atoms with E-state index >= 15 is 0 Å². The highest BCUT2D eigenvalue weighted by Gasteiger charge is 2.09. The van der Waals surface area contributed by atoms with Gasteiger partial charge in [-0.25, -0.2) is 19.2 Å². The largest absolute Gasteiger partial charge is 0.478 e. The van der Waals surface area contributed by atoms with Crippen LogP contribution in [-0.2, 0) is 28.7 Å². The second kappa shape index (κ2) is 8.45. The number of carbonyl (C=O) groups is 4. The van der Waals surface area contributed by atoms with Crippen LogP contribution in [0.2, 0.25) is 0 Å². The predicted octanol–water partition coefficient (Wildman–Crippen LogP) is -0.257. The Balaban J connectivity index is 4.02. The first-order valence-corrected chi connectivity index (χ1v) is 5.00. The molecule has 19 heavy (non-hydrogen) atoms. The van der Waals surface area contributed by atoms with E-state index in [2.05, 4.69) is 9.47 Å². The average molecular weight is 272 g/mol. The second-order valence-corrected chi connectivity index (χ2v) is 3.22. The molecular formula is C11H12O8. The Bertz CT molecular complexity index is 420. The highest BCUT2D eigenvalue weighted by Crippen LogP contribution is 1.95. The number of hydrogen-bond donors (Lipinski definition) is 2. The standard InChI is InChI=1S/C11H12O8/c1-7(19-11(17)5-3-9(14)15)6-18-10(16)4-2-8(12)13/h2-5,7H,6H2,1H3,(H,12,13)(H,14,15)/b4-2-,5-3-. The number of carboxylic acids is 2. The maximum atomic E-state index is 11.0. The zero-order chi connectivity index (χ0) is 14.8. The van der Waals surface area contributed by atoms with Gasteiger partial charge in [0.15, 0.2) is 0 Å². The summed E-state index contributed by atoms with van der Waals surface area (Å²) in [5.41, 5.74) is 0. The van der Waals surface area contributed by atoms with Crippen molar-refractivity contribution in [2.75, 3.05) is 6.61 Å². The van der Waals surface area contributed by atoms with Crippen molar-refractivity contribution in [1.82, 2.24) is 0 Å². The maximum Gasteiger partial charge on any atom is 0.331 e. The molecule has 0 bridgehead atoms. The van der Waals surface area contributed by atoms with E-state index in [-0.39, 0.29) is 6.61 Å². The number of ether oxygens (including phenoxy) is 2. The molecule has 104 valence electrons. The van der Waals surface area contributed by atoms with Crippen LogP contribution in [0.4, 0.5) is 0 Å². The van der Waals surface area contributed by atoms with Gasteiger partial charge in [0, 0.05) is 24.3 Å². The first-order valence-electron chi connectivity index (χ1n) is 5.00. The van der Waals surface area contributed by atoms with Crippen molar-refractivity contribution in [2.45, 2.75) is 13.0 Å². The zero-order valence-electron chi connectivity index (χ0n) is 9.94. The van der Waals surface area contributed by atoms with Crippen LogP contribution in [0.15, 0.2) is 24.3 Å². The van der Waals surface area contributed by atoms with Crippen LogP contribution in [0.5, 0.6) is 0 Å². The third kappa shape index (κ3) is 10.2. The van der Waals surface area contributed by atoms with E-state index in [4.69, 9.17) is 10.2 Å². The Morgan fingerprint density at radius 2 is 1.42 bits per heavy atom. The minimum atomic E-state index is -1.30. The lowest BCUT2D eigenvalue weighted by Gasteiger charge is -2.11. The maximum absolute atomic E-state index is 11.0. The fraction of sp³-hybridized carbons (Fsp3) is 0.273. The number of carbonyl (C=O) groups excluding carboxylic acids is 2. The van der Waals surface area contributed by atoms with Crippen molar-refractivity contribution in [3.8, 4) is 0 Å². The normalized spacial score (nSPS) is 12.3. The number of aliphatic carboxylic acids is 2. The highest BCUT2D eigenvalue weighted by molar-refractivity contribution is 5.91. The summed E-state index contributed by atoms with van der Waals surface area (Å²) in [7, 11) is 0. The fourth-order valence-electron chi connectivity index (χ4n) is 0.798. The quantitative estimate of drug-likeness (QED) is 0.479. The van der Waals surface area contributed by atoms with Crippen LogP contribution in [0.1, 0.15) is 6.92 Å². The number of rotatable bonds is 7. The van der Waals surface area contributed by atoms with Crippen LogP contribution in [0.3, 0.4) is 0 Å². The molecule has 0 aromatic heterocycles. The van der Waals surface area contributed by atoms with Crippen molar-refractivity contribution < 1.29 is 38.9 Å². The molecule has 0 aliphatic heterocycles. The van der Waals surface area contributed by atoms with Gasteiger partial charge in [-0.05, 0) is 6.92 Å². The lowest BCUT2D eigenvalue weighted by molar-refractivity contribution is -0.151. The minimum absolute atomic E-state index is 0.282. The smallest absolute Gasteiger partial charge is 0.331 e. The third-order valence-electron chi connectivity index (χ3n) is 1.50. The van der Waals surface area contributed by atoms with Crippen molar-refractivity contribution in [3.05, 3.63) is 24.3 Å². The molecule has 0 aromatic rings. The summed E-state index contributed by atoms with van der Waals surface area (Å²) in [6, 6.07) is 0. The van der Waals surface area contributed by atoms with E-state index in [0.717, 1.165) is 0 Å². The summed E-state index contributed by atoms with van der Waals surface area (Å²) in [6.07, 6.45) is 1.84. The molecule has 0 radical (unpaired) electrons. The van der Waals surface area contributed by atoms with Crippen molar-refractivity contribution in [1.29, 1.82) is 0 Å². The second-order valence-electron chi connectivity index (χ2n) is 3.22. The molecule has 1 atom stereocenters. The molecule has 0 fully saturated rings. The minimum Gasteiger partial charge on any atom is -0.478 e. The molecule has 0 aliphatic rings. The Labute approximate surface area is 107 Å². The van der Waals surface area contributed by atoms with E-state index in [1.807, 2.05) is 0 Å². The lowest BCUT2D eigenvalue weighted by Crippen LogP contribution is -2.21. The van der Waals surface area contributed by atoms with Crippen LogP contribution in [0, 0.1) is 0 Å². The van der Waals surface area contributed by atoms with Crippen molar-refractivity contribution in [2.24, 2.45) is 0 Å². The third-order valence-corrected chi connectivity index (χ3v) is 1.50. The van der Waals surface area contributed by atoms with Gasteiger partial charge < -0.3 is 19.7 Å². The Morgan fingerprint density at radius 1 is 0.947 bits per heavy atom. The molecule has 0 spiro atoms. The van der Waals surface area contributed by atoms with E-state index in [1.54, 1.807) is 0 Å². The predicted molar refractivity (Wildman–Crippen MR) is 60.1 cm³/mol. The van der Waals surface area contributed by atoms with Crippen LogP contribution in [0.25, 0.3) is 0 Å². The summed E-state index contributed by atoms with van der Waals surface area (Å²) < 4.78 is 9.24. The molecule has 0 saturated carbocycles. The molecule has 0 heterocycles. The zero-order valence-corrected chi connectivity index (χ0v) is 9.94. The molecule has 0 saturated heterocycles. The fourth-order valence-corrected chi connectivity index (χ4v) is 0.798.